The molecule has 0 fully saturated rings. The van der Waals surface area contributed by atoms with Crippen molar-refractivity contribution < 1.29 is 33.3 Å². The molecule has 0 aromatic carbocycles. The van der Waals surface area contributed by atoms with E-state index in [4.69, 9.17) is 18.9 Å². The number of hydrogen-bond acceptors (Lipinski definition) is 7. The summed E-state index contributed by atoms with van der Waals surface area (Å²) in [6, 6.07) is 0. The highest BCUT2D eigenvalue weighted by molar-refractivity contribution is 5.95. The lowest BCUT2D eigenvalue weighted by molar-refractivity contribution is -0.126. The van der Waals surface area contributed by atoms with Gasteiger partial charge in [0, 0.05) is 20.0 Å². The van der Waals surface area contributed by atoms with Gasteiger partial charge in [-0.3, -0.25) is 14.4 Å². The van der Waals surface area contributed by atoms with Crippen LogP contribution in [0.1, 0.15) is 13.8 Å². The maximum absolute atomic E-state index is 11.5. The Morgan fingerprint density at radius 3 is 1.77 bits per heavy atom. The summed E-state index contributed by atoms with van der Waals surface area (Å²) in [5, 5.41) is 5.25. The molecule has 0 aliphatic carbocycles. The van der Waals surface area contributed by atoms with Gasteiger partial charge >= 0.3 is 0 Å². The molecule has 0 aliphatic heterocycles. The molecule has 0 rings (SSSR count). The van der Waals surface area contributed by atoms with Gasteiger partial charge < -0.3 is 29.6 Å². The summed E-state index contributed by atoms with van der Waals surface area (Å²) in [6.07, 6.45) is 0. The summed E-state index contributed by atoms with van der Waals surface area (Å²) in [5.41, 5.74) is 0.465. The Labute approximate surface area is 154 Å². The van der Waals surface area contributed by atoms with Crippen molar-refractivity contribution in [3.8, 4) is 0 Å². The Bertz CT molecular complexity index is 441. The Hall–Kier alpha value is -1.81. The Morgan fingerprint density at radius 1 is 0.731 bits per heavy atom. The van der Waals surface area contributed by atoms with Crippen LogP contribution in [-0.4, -0.2) is 83.5 Å². The van der Waals surface area contributed by atoms with E-state index in [0.717, 1.165) is 0 Å². The number of hydrogen-bond donors (Lipinski definition) is 2. The molecule has 0 heterocycles. The van der Waals surface area contributed by atoms with Crippen LogP contribution in [0.25, 0.3) is 0 Å². The van der Waals surface area contributed by atoms with Gasteiger partial charge in [0.05, 0.1) is 39.6 Å². The zero-order chi connectivity index (χ0) is 19.6. The van der Waals surface area contributed by atoms with Crippen LogP contribution in [0.3, 0.4) is 0 Å². The molecular weight excluding hydrogens is 344 g/mol. The van der Waals surface area contributed by atoms with E-state index in [9.17, 15) is 14.4 Å². The van der Waals surface area contributed by atoms with E-state index < -0.39 is 0 Å². The number of ketones is 1. The standard InChI is InChI=1S/C17H30N2O7/c1-14(2)16(21)12-25-10-8-24-7-5-19-17(22)13-26-11-9-23-6-4-18-15(3)20/h1,4-13H2,2-3H3,(H,18,20)(H,19,22). The molecule has 150 valence electrons. The third kappa shape index (κ3) is 17.0. The van der Waals surface area contributed by atoms with Gasteiger partial charge in [0.2, 0.25) is 11.8 Å². The quantitative estimate of drug-likeness (QED) is 0.259. The molecule has 0 radical (unpaired) electrons. The molecule has 0 aromatic heterocycles. The monoisotopic (exact) mass is 374 g/mol. The number of carbonyl (C=O) groups excluding carboxylic acids is 3. The highest BCUT2D eigenvalue weighted by atomic mass is 16.5. The summed E-state index contributed by atoms with van der Waals surface area (Å²) in [4.78, 5) is 33.3. The number of carbonyl (C=O) groups is 3. The van der Waals surface area contributed by atoms with Crippen LogP contribution >= 0.6 is 0 Å². The SMILES string of the molecule is C=C(C)C(=O)COCCOCCNC(=O)COCCOCCNC(C)=O. The lowest BCUT2D eigenvalue weighted by Gasteiger charge is -2.08. The van der Waals surface area contributed by atoms with Gasteiger partial charge in [-0.15, -0.1) is 0 Å². The number of ether oxygens (including phenoxy) is 4. The molecule has 26 heavy (non-hydrogen) atoms. The van der Waals surface area contributed by atoms with Gasteiger partial charge in [-0.2, -0.15) is 0 Å². The average Bonchev–Trinajstić information content (AvgIpc) is 2.58. The van der Waals surface area contributed by atoms with E-state index >= 15 is 0 Å². The van der Waals surface area contributed by atoms with Crippen LogP contribution in [0.2, 0.25) is 0 Å². The topological polar surface area (TPSA) is 112 Å². The maximum Gasteiger partial charge on any atom is 0.246 e. The van der Waals surface area contributed by atoms with Crippen molar-refractivity contribution >= 4 is 17.6 Å². The molecule has 0 unspecified atom stereocenters. The Balaban J connectivity index is 3.28. The zero-order valence-corrected chi connectivity index (χ0v) is 15.6. The lowest BCUT2D eigenvalue weighted by atomic mass is 10.2. The summed E-state index contributed by atoms with van der Waals surface area (Å²) >= 11 is 0. The van der Waals surface area contributed by atoms with Crippen molar-refractivity contribution in [1.82, 2.24) is 10.6 Å². The molecule has 2 N–H and O–H groups in total. The molecule has 0 bridgehead atoms. The predicted octanol–water partition coefficient (Wildman–Crippen LogP) is -0.550. The largest absolute Gasteiger partial charge is 0.377 e. The first-order valence-electron chi connectivity index (χ1n) is 8.44. The molecule has 0 spiro atoms. The molecule has 0 saturated heterocycles. The van der Waals surface area contributed by atoms with Gasteiger partial charge in [0.1, 0.15) is 13.2 Å². The van der Waals surface area contributed by atoms with Crippen LogP contribution < -0.4 is 10.6 Å². The minimum Gasteiger partial charge on any atom is -0.377 e. The summed E-state index contributed by atoms with van der Waals surface area (Å²) in [5.74, 6) is -0.471. The third-order valence-electron chi connectivity index (χ3n) is 2.88. The molecule has 0 saturated carbocycles. The minimum atomic E-state index is -0.241. The Morgan fingerprint density at radius 2 is 1.23 bits per heavy atom. The molecule has 0 atom stereocenters. The van der Waals surface area contributed by atoms with E-state index in [1.165, 1.54) is 6.92 Å². The fourth-order valence-electron chi connectivity index (χ4n) is 1.51. The summed E-state index contributed by atoms with van der Waals surface area (Å²) in [6.45, 7) is 9.39. The molecule has 0 aromatic rings. The Kier molecular flexibility index (Phi) is 15.5. The fourth-order valence-corrected chi connectivity index (χ4v) is 1.51. The lowest BCUT2D eigenvalue weighted by Crippen LogP contribution is -2.31. The van der Waals surface area contributed by atoms with Gasteiger partial charge in [0.25, 0.3) is 0 Å². The van der Waals surface area contributed by atoms with E-state index in [2.05, 4.69) is 17.2 Å². The van der Waals surface area contributed by atoms with Gasteiger partial charge in [0.15, 0.2) is 5.78 Å². The van der Waals surface area contributed by atoms with Gasteiger partial charge in [-0.05, 0) is 12.5 Å². The van der Waals surface area contributed by atoms with Crippen molar-refractivity contribution in [2.24, 2.45) is 0 Å². The van der Waals surface area contributed by atoms with Crippen LogP contribution in [0.4, 0.5) is 0 Å². The van der Waals surface area contributed by atoms with E-state index in [1.807, 2.05) is 0 Å². The predicted molar refractivity (Wildman–Crippen MR) is 94.8 cm³/mol. The molecular formula is C17H30N2O7. The zero-order valence-electron chi connectivity index (χ0n) is 15.6. The van der Waals surface area contributed by atoms with E-state index in [0.29, 0.717) is 58.3 Å². The number of nitrogens with one attached hydrogen (secondary N) is 2. The van der Waals surface area contributed by atoms with Crippen molar-refractivity contribution in [3.63, 3.8) is 0 Å². The highest BCUT2D eigenvalue weighted by Gasteiger charge is 2.02. The average molecular weight is 374 g/mol. The highest BCUT2D eigenvalue weighted by Crippen LogP contribution is 1.90. The minimum absolute atomic E-state index is 0.00369. The number of amides is 2. The molecule has 9 heteroatoms. The van der Waals surface area contributed by atoms with Crippen molar-refractivity contribution in [3.05, 3.63) is 12.2 Å². The van der Waals surface area contributed by atoms with E-state index in [1.54, 1.807) is 6.92 Å². The first-order chi connectivity index (χ1) is 12.4. The first kappa shape index (κ1) is 24.2. The molecule has 0 aliphatic rings. The molecule has 2 amide bonds. The number of Topliss-reactive ketones (excluding diaryl/α,β-unsaturated/α-hetero) is 1. The second-order valence-electron chi connectivity index (χ2n) is 5.37. The van der Waals surface area contributed by atoms with Crippen molar-refractivity contribution in [2.45, 2.75) is 13.8 Å². The number of rotatable bonds is 17. The first-order valence-corrected chi connectivity index (χ1v) is 8.44. The maximum atomic E-state index is 11.5. The van der Waals surface area contributed by atoms with Gasteiger partial charge in [-0.1, -0.05) is 6.58 Å². The van der Waals surface area contributed by atoms with Crippen LogP contribution in [0.5, 0.6) is 0 Å². The van der Waals surface area contributed by atoms with Crippen molar-refractivity contribution in [1.29, 1.82) is 0 Å². The van der Waals surface area contributed by atoms with Gasteiger partial charge in [-0.25, -0.2) is 0 Å². The van der Waals surface area contributed by atoms with E-state index in [-0.39, 0.29) is 30.8 Å². The molecule has 9 nitrogen and oxygen atoms in total. The van der Waals surface area contributed by atoms with Crippen molar-refractivity contribution in [2.75, 3.05) is 65.9 Å². The normalized spacial score (nSPS) is 10.4. The van der Waals surface area contributed by atoms with Crippen LogP contribution in [-0.2, 0) is 33.3 Å². The second kappa shape index (κ2) is 16.6. The third-order valence-corrected chi connectivity index (χ3v) is 2.88. The van der Waals surface area contributed by atoms with Crippen LogP contribution in [0, 0.1) is 0 Å². The smallest absolute Gasteiger partial charge is 0.246 e. The summed E-state index contributed by atoms with van der Waals surface area (Å²) < 4.78 is 20.7. The fraction of sp³-hybridized carbons (Fsp3) is 0.706. The van der Waals surface area contributed by atoms with Crippen LogP contribution in [0.15, 0.2) is 12.2 Å². The summed E-state index contributed by atoms with van der Waals surface area (Å²) in [7, 11) is 0. The second-order valence-corrected chi connectivity index (χ2v) is 5.37.